The number of carbonyl (C=O) groups excluding carboxylic acids is 2. The molecule has 0 bridgehead atoms. The van der Waals surface area contributed by atoms with Crippen LogP contribution in [-0.4, -0.2) is 50.5 Å². The minimum atomic E-state index is -1.24. The van der Waals surface area contributed by atoms with E-state index in [1.165, 1.54) is 6.92 Å². The van der Waals surface area contributed by atoms with Crippen molar-refractivity contribution in [3.63, 3.8) is 0 Å². The molecule has 6 nitrogen and oxygen atoms in total. The van der Waals surface area contributed by atoms with Crippen molar-refractivity contribution in [2.45, 2.75) is 19.4 Å². The van der Waals surface area contributed by atoms with E-state index in [1.807, 2.05) is 0 Å². The van der Waals surface area contributed by atoms with Gasteiger partial charge < -0.3 is 15.1 Å². The van der Waals surface area contributed by atoms with Crippen molar-refractivity contribution in [1.29, 1.82) is 0 Å². The summed E-state index contributed by atoms with van der Waals surface area (Å²) >= 11 is 1.01. The fourth-order valence-electron chi connectivity index (χ4n) is 1.45. The van der Waals surface area contributed by atoms with Gasteiger partial charge in [0.15, 0.2) is 5.12 Å². The molecule has 1 aliphatic rings. The Morgan fingerprint density at radius 1 is 1.53 bits per heavy atom. The van der Waals surface area contributed by atoms with E-state index in [0.29, 0.717) is 5.75 Å². The summed E-state index contributed by atoms with van der Waals surface area (Å²) in [6.45, 7) is 1.36. The molecule has 0 aromatic rings. The summed E-state index contributed by atoms with van der Waals surface area (Å²) in [5, 5.41) is 18.0. The molecular formula is C10H13NO5S. The van der Waals surface area contributed by atoms with Crippen LogP contribution in [-0.2, 0) is 14.4 Å². The second-order valence-electron chi connectivity index (χ2n) is 3.52. The summed E-state index contributed by atoms with van der Waals surface area (Å²) in [5.74, 6) is -1.33. The number of carboxylic acids is 1. The Bertz CT molecular complexity index is 379. The Balaban J connectivity index is 2.55. The number of aliphatic hydroxyl groups excluding tert-OH is 1. The van der Waals surface area contributed by atoms with Gasteiger partial charge in [-0.2, -0.15) is 0 Å². The molecule has 2 N–H and O–H groups in total. The maximum atomic E-state index is 11.7. The summed E-state index contributed by atoms with van der Waals surface area (Å²) < 4.78 is 0. The number of aliphatic hydroxyl groups is 1. The minimum Gasteiger partial charge on any atom is -0.477 e. The molecule has 1 unspecified atom stereocenters. The lowest BCUT2D eigenvalue weighted by molar-refractivity contribution is -0.139. The van der Waals surface area contributed by atoms with E-state index in [1.54, 1.807) is 0 Å². The van der Waals surface area contributed by atoms with Gasteiger partial charge in [-0.3, -0.25) is 9.59 Å². The third-order valence-corrected chi connectivity index (χ3v) is 2.97. The quantitative estimate of drug-likeness (QED) is 0.727. The molecule has 0 saturated heterocycles. The van der Waals surface area contributed by atoms with E-state index < -0.39 is 18.0 Å². The van der Waals surface area contributed by atoms with Crippen LogP contribution < -0.4 is 0 Å². The number of carboxylic acid groups (broad SMARTS) is 1. The first kappa shape index (κ1) is 13.7. The van der Waals surface area contributed by atoms with Gasteiger partial charge in [0.25, 0.3) is 0 Å². The predicted molar refractivity (Wildman–Crippen MR) is 61.2 cm³/mol. The lowest BCUT2D eigenvalue weighted by Crippen LogP contribution is -2.33. The van der Waals surface area contributed by atoms with Gasteiger partial charge in [-0.1, -0.05) is 11.8 Å². The fourth-order valence-corrected chi connectivity index (χ4v) is 2.01. The first-order valence-corrected chi connectivity index (χ1v) is 5.97. The number of β-amino-alcohol motifs (C(OH)–C–C–N with tert-alkyl or cyclic N) is 1. The van der Waals surface area contributed by atoms with Crippen LogP contribution in [0, 0.1) is 0 Å². The molecule has 0 aromatic carbocycles. The highest BCUT2D eigenvalue weighted by atomic mass is 32.2. The smallest absolute Gasteiger partial charge is 0.352 e. The summed E-state index contributed by atoms with van der Waals surface area (Å²) in [6, 6.07) is 0. The molecule has 1 aliphatic heterocycles. The summed E-state index contributed by atoms with van der Waals surface area (Å²) in [6.07, 6.45) is 0.269. The third-order valence-electron chi connectivity index (χ3n) is 2.15. The molecule has 0 aromatic heterocycles. The zero-order valence-electron chi connectivity index (χ0n) is 9.25. The van der Waals surface area contributed by atoms with Crippen LogP contribution in [0.15, 0.2) is 11.8 Å². The number of rotatable bonds is 4. The molecule has 0 aliphatic carbocycles. The number of aliphatic carboxylic acids is 1. The molecule has 0 spiro atoms. The van der Waals surface area contributed by atoms with Crippen LogP contribution in [0.1, 0.15) is 13.3 Å². The van der Waals surface area contributed by atoms with Crippen LogP contribution in [0.5, 0.6) is 0 Å². The van der Waals surface area contributed by atoms with Gasteiger partial charge in [-0.05, 0) is 6.08 Å². The molecule has 1 heterocycles. The van der Waals surface area contributed by atoms with Crippen LogP contribution in [0.3, 0.4) is 0 Å². The van der Waals surface area contributed by atoms with Crippen molar-refractivity contribution in [3.05, 3.63) is 11.8 Å². The van der Waals surface area contributed by atoms with E-state index in [4.69, 9.17) is 5.11 Å². The average Bonchev–Trinajstić information content (AvgIpc) is 2.59. The van der Waals surface area contributed by atoms with Crippen molar-refractivity contribution < 1.29 is 24.6 Å². The number of carbonyl (C=O) groups is 3. The number of nitrogens with zero attached hydrogens (tertiary/aromatic N) is 1. The predicted octanol–water partition coefficient (Wildman–Crippen LogP) is -0.172. The van der Waals surface area contributed by atoms with Gasteiger partial charge in [0.05, 0.1) is 12.6 Å². The maximum Gasteiger partial charge on any atom is 0.352 e. The van der Waals surface area contributed by atoms with Crippen molar-refractivity contribution in [2.24, 2.45) is 0 Å². The molecule has 7 heteroatoms. The highest BCUT2D eigenvalue weighted by molar-refractivity contribution is 8.13. The van der Waals surface area contributed by atoms with E-state index in [0.717, 1.165) is 22.7 Å². The molecule has 17 heavy (non-hydrogen) atoms. The van der Waals surface area contributed by atoms with E-state index >= 15 is 0 Å². The van der Waals surface area contributed by atoms with Gasteiger partial charge in [0, 0.05) is 19.1 Å². The van der Waals surface area contributed by atoms with Crippen LogP contribution in [0.2, 0.25) is 0 Å². The fraction of sp³-hybridized carbons (Fsp3) is 0.500. The van der Waals surface area contributed by atoms with Gasteiger partial charge in [0.1, 0.15) is 5.70 Å². The van der Waals surface area contributed by atoms with Gasteiger partial charge in [-0.15, -0.1) is 0 Å². The second-order valence-corrected chi connectivity index (χ2v) is 4.79. The lowest BCUT2D eigenvalue weighted by atomic mass is 10.3. The topological polar surface area (TPSA) is 94.9 Å². The maximum absolute atomic E-state index is 11.7. The second kappa shape index (κ2) is 5.83. The van der Waals surface area contributed by atoms with Gasteiger partial charge in [-0.25, -0.2) is 4.79 Å². The molecule has 0 radical (unpaired) electrons. The van der Waals surface area contributed by atoms with Gasteiger partial charge in [0.2, 0.25) is 5.91 Å². The molecule has 1 atom stereocenters. The van der Waals surface area contributed by atoms with E-state index in [-0.39, 0.29) is 23.8 Å². The molecule has 94 valence electrons. The standard InChI is InChI=1S/C10H13NO5S/c1-6(12)17-3-2-9(14)11-5-7(13)4-8(11)10(15)16/h4,7,13H,2-3,5H2,1H3,(H,15,16). The molecule has 0 saturated carbocycles. The molecule has 0 fully saturated rings. The first-order valence-electron chi connectivity index (χ1n) is 4.98. The zero-order valence-corrected chi connectivity index (χ0v) is 10.1. The van der Waals surface area contributed by atoms with Crippen molar-refractivity contribution in [3.8, 4) is 0 Å². The Morgan fingerprint density at radius 3 is 2.71 bits per heavy atom. The number of hydrogen-bond acceptors (Lipinski definition) is 5. The lowest BCUT2D eigenvalue weighted by Gasteiger charge is -2.17. The molecule has 1 amide bonds. The van der Waals surface area contributed by atoms with Crippen LogP contribution in [0.4, 0.5) is 0 Å². The normalized spacial score (nSPS) is 19.1. The van der Waals surface area contributed by atoms with Crippen LogP contribution in [0.25, 0.3) is 0 Å². The number of hydrogen-bond donors (Lipinski definition) is 2. The van der Waals surface area contributed by atoms with Crippen molar-refractivity contribution in [1.82, 2.24) is 4.90 Å². The Morgan fingerprint density at radius 2 is 2.18 bits per heavy atom. The summed E-state index contributed by atoms with van der Waals surface area (Å²) in [7, 11) is 0. The molecular weight excluding hydrogens is 246 g/mol. The third kappa shape index (κ3) is 3.86. The minimum absolute atomic E-state index is 0.0365. The zero-order chi connectivity index (χ0) is 13.0. The number of amides is 1. The van der Waals surface area contributed by atoms with Crippen molar-refractivity contribution >= 4 is 28.8 Å². The Hall–Kier alpha value is -1.34. The van der Waals surface area contributed by atoms with E-state index in [2.05, 4.69) is 0 Å². The monoisotopic (exact) mass is 259 g/mol. The summed E-state index contributed by atoms with van der Waals surface area (Å²) in [4.78, 5) is 34.2. The highest BCUT2D eigenvalue weighted by Gasteiger charge is 2.30. The summed E-state index contributed by atoms with van der Waals surface area (Å²) in [5.41, 5.74) is -0.199. The number of thioether (sulfide) groups is 1. The first-order chi connectivity index (χ1) is 7.91. The van der Waals surface area contributed by atoms with Crippen LogP contribution >= 0.6 is 11.8 Å². The van der Waals surface area contributed by atoms with Gasteiger partial charge >= 0.3 is 5.97 Å². The van der Waals surface area contributed by atoms with Crippen molar-refractivity contribution in [2.75, 3.05) is 12.3 Å². The largest absolute Gasteiger partial charge is 0.477 e. The SMILES string of the molecule is CC(=O)SCCC(=O)N1CC(O)C=C1C(=O)O. The Labute approximate surface area is 102 Å². The highest BCUT2D eigenvalue weighted by Crippen LogP contribution is 2.17. The average molecular weight is 259 g/mol. The molecule has 1 rings (SSSR count). The Kier molecular flexibility index (Phi) is 4.71. The van der Waals surface area contributed by atoms with E-state index in [9.17, 15) is 19.5 Å².